The Balaban J connectivity index is 0.000000403. The third kappa shape index (κ3) is 6.07. The molecule has 0 radical (unpaired) electrons. The van der Waals surface area contributed by atoms with Gasteiger partial charge in [0.1, 0.15) is 0 Å². The van der Waals surface area contributed by atoms with Crippen LogP contribution in [0.25, 0.3) is 11.1 Å². The second kappa shape index (κ2) is 9.92. The molecule has 0 amide bonds. The third-order valence-corrected chi connectivity index (χ3v) is 9.88. The molecule has 2 saturated carbocycles. The molecule has 6 heteroatoms. The summed E-state index contributed by atoms with van der Waals surface area (Å²) in [6.45, 7) is 0. The van der Waals surface area contributed by atoms with Gasteiger partial charge in [-0.25, -0.2) is 0 Å². The van der Waals surface area contributed by atoms with Gasteiger partial charge >= 0.3 is 7.25 Å². The second-order valence-electron chi connectivity index (χ2n) is 7.82. The van der Waals surface area contributed by atoms with Gasteiger partial charge < -0.3 is 17.3 Å². The van der Waals surface area contributed by atoms with E-state index >= 15 is 0 Å². The van der Waals surface area contributed by atoms with Crippen LogP contribution >= 0.6 is 7.92 Å². The smallest absolute Gasteiger partial charge is 0.418 e. The third-order valence-electron chi connectivity index (χ3n) is 5.91. The van der Waals surface area contributed by atoms with E-state index in [0.717, 1.165) is 11.3 Å². The van der Waals surface area contributed by atoms with Crippen molar-refractivity contribution in [1.82, 2.24) is 0 Å². The van der Waals surface area contributed by atoms with E-state index in [0.29, 0.717) is 0 Å². The van der Waals surface area contributed by atoms with Crippen molar-refractivity contribution in [1.29, 1.82) is 0 Å². The highest BCUT2D eigenvalue weighted by Gasteiger charge is 2.41. The highest BCUT2D eigenvalue weighted by atomic mass is 31.1. The van der Waals surface area contributed by atoms with Crippen LogP contribution < -0.4 is 5.30 Å². The normalized spacial score (nSPS) is 18.3. The lowest BCUT2D eigenvalue weighted by Crippen LogP contribution is -2.20. The Morgan fingerprint density at radius 3 is 1.57 bits per heavy atom. The summed E-state index contributed by atoms with van der Waals surface area (Å²) in [7, 11) is -6.45. The molecule has 0 unspecified atom stereocenters. The van der Waals surface area contributed by atoms with Gasteiger partial charge in [0.2, 0.25) is 0 Å². The molecular weight excluding hydrogens is 382 g/mol. The summed E-state index contributed by atoms with van der Waals surface area (Å²) in [5, 5.41) is 1.74. The summed E-state index contributed by atoms with van der Waals surface area (Å²) in [4.78, 5) is 0. The molecule has 0 bridgehead atoms. The molecule has 2 aromatic rings. The molecule has 0 nitrogen and oxygen atoms in total. The molecule has 2 aliphatic carbocycles. The van der Waals surface area contributed by atoms with Crippen molar-refractivity contribution in [3.63, 3.8) is 0 Å². The van der Waals surface area contributed by atoms with Crippen LogP contribution in [0.3, 0.4) is 0 Å². The van der Waals surface area contributed by atoms with E-state index in [4.69, 9.17) is 0 Å². The predicted octanol–water partition coefficient (Wildman–Crippen LogP) is 7.38. The van der Waals surface area contributed by atoms with Crippen molar-refractivity contribution in [3.8, 4) is 11.1 Å². The lowest BCUT2D eigenvalue weighted by Gasteiger charge is -2.24. The molecule has 0 aliphatic heterocycles. The average Bonchev–Trinajstić information content (AvgIpc) is 3.37. The summed E-state index contributed by atoms with van der Waals surface area (Å²) in [5.41, 5.74) is 4.99. The van der Waals surface area contributed by atoms with Gasteiger partial charge in [-0.15, -0.1) is 0 Å². The average molecular weight is 410 g/mol. The summed E-state index contributed by atoms with van der Waals surface area (Å²) >= 11 is 0. The van der Waals surface area contributed by atoms with Crippen molar-refractivity contribution in [3.05, 3.63) is 54.6 Å². The van der Waals surface area contributed by atoms with Crippen LogP contribution in [-0.4, -0.2) is 18.6 Å². The van der Waals surface area contributed by atoms with Crippen LogP contribution in [0.4, 0.5) is 17.3 Å². The van der Waals surface area contributed by atoms with E-state index in [1.165, 1.54) is 62.5 Å². The van der Waals surface area contributed by atoms with Gasteiger partial charge in [-0.1, -0.05) is 48.5 Å². The lowest BCUT2D eigenvalue weighted by atomic mass is 10.1. The zero-order valence-electron chi connectivity index (χ0n) is 16.1. The maximum absolute atomic E-state index is 9.75. The highest BCUT2D eigenvalue weighted by Crippen LogP contribution is 2.57. The molecule has 0 heterocycles. The molecule has 0 spiro atoms. The van der Waals surface area contributed by atoms with Gasteiger partial charge in [0.05, 0.1) is 16.6 Å². The molecule has 28 heavy (non-hydrogen) atoms. The summed E-state index contributed by atoms with van der Waals surface area (Å²) in [5.74, 6) is 0. The Labute approximate surface area is 166 Å². The Kier molecular flexibility index (Phi) is 7.57. The maximum atomic E-state index is 9.75. The first kappa shape index (κ1) is 21.4. The van der Waals surface area contributed by atoms with E-state index in [-0.39, 0.29) is 0 Å². The molecule has 0 aromatic heterocycles. The fourth-order valence-corrected chi connectivity index (χ4v) is 9.29. The minimum absolute atomic E-state index is 0.454. The SMILES string of the molecule is F[B-](F)(F)F.c1ccc(-c2ccccc2[PH+](C2CCCC2)C2CCCC2)cc1. The van der Waals surface area contributed by atoms with Crippen molar-refractivity contribution < 1.29 is 17.3 Å². The van der Waals surface area contributed by atoms with Crippen LogP contribution in [0.2, 0.25) is 0 Å². The minimum Gasteiger partial charge on any atom is -0.418 e. The molecule has 0 N–H and O–H groups in total. The van der Waals surface area contributed by atoms with Crippen LogP contribution in [0.1, 0.15) is 51.4 Å². The molecular formula is C22H28BF4P. The highest BCUT2D eigenvalue weighted by molar-refractivity contribution is 7.67. The number of hydrogen-bond donors (Lipinski definition) is 0. The van der Waals surface area contributed by atoms with E-state index in [1.54, 1.807) is 5.30 Å². The first-order valence-electron chi connectivity index (χ1n) is 10.3. The van der Waals surface area contributed by atoms with Gasteiger partial charge in [0.15, 0.2) is 0 Å². The molecule has 4 rings (SSSR count). The maximum Gasteiger partial charge on any atom is 0.673 e. The van der Waals surface area contributed by atoms with Crippen LogP contribution in [0.5, 0.6) is 0 Å². The summed E-state index contributed by atoms with van der Waals surface area (Å²) in [6, 6.07) is 20.5. The van der Waals surface area contributed by atoms with Crippen LogP contribution in [0, 0.1) is 0 Å². The number of rotatable bonds is 4. The topological polar surface area (TPSA) is 0 Å². The van der Waals surface area contributed by atoms with Crippen molar-refractivity contribution in [2.45, 2.75) is 62.7 Å². The molecule has 152 valence electrons. The van der Waals surface area contributed by atoms with E-state index < -0.39 is 15.2 Å². The second-order valence-corrected chi connectivity index (χ2v) is 10.9. The molecule has 0 saturated heterocycles. The minimum atomic E-state index is -6.00. The molecule has 2 aromatic carbocycles. The van der Waals surface area contributed by atoms with Gasteiger partial charge in [-0.2, -0.15) is 0 Å². The van der Waals surface area contributed by atoms with Gasteiger partial charge in [-0.3, -0.25) is 0 Å². The largest absolute Gasteiger partial charge is 0.673 e. The standard InChI is InChI=1S/C22H27P.BF4/c1-2-10-18(11-3-1)21-16-8-9-17-22(21)23(19-12-4-5-13-19)20-14-6-7-15-20;2-1(3,4)5/h1-3,8-11,16-17,19-20H,4-7,12-15H2;/q;-1/p+1. The first-order chi connectivity index (χ1) is 13.4. The zero-order valence-corrected chi connectivity index (χ0v) is 17.1. The lowest BCUT2D eigenvalue weighted by molar-refractivity contribution is 0.368. The fraction of sp³-hybridized carbons (Fsp3) is 0.455. The van der Waals surface area contributed by atoms with Crippen LogP contribution in [0.15, 0.2) is 54.6 Å². The summed E-state index contributed by atoms with van der Waals surface area (Å²) < 4.78 is 39.0. The predicted molar refractivity (Wildman–Crippen MR) is 115 cm³/mol. The van der Waals surface area contributed by atoms with Gasteiger partial charge in [0.25, 0.3) is 0 Å². The summed E-state index contributed by atoms with van der Waals surface area (Å²) in [6.07, 6.45) is 11.9. The molecule has 2 aliphatic rings. The monoisotopic (exact) mass is 410 g/mol. The van der Waals surface area contributed by atoms with Gasteiger partial charge in [0, 0.05) is 13.5 Å². The number of halogens is 4. The first-order valence-corrected chi connectivity index (χ1v) is 12.0. The number of hydrogen-bond acceptors (Lipinski definition) is 0. The molecule has 2 fully saturated rings. The van der Waals surface area contributed by atoms with E-state index in [9.17, 15) is 17.3 Å². The Morgan fingerprint density at radius 2 is 1.07 bits per heavy atom. The Bertz CT molecular complexity index is 701. The van der Waals surface area contributed by atoms with Crippen molar-refractivity contribution in [2.24, 2.45) is 0 Å². The number of benzene rings is 2. The zero-order chi connectivity index (χ0) is 20.0. The van der Waals surface area contributed by atoms with Crippen molar-refractivity contribution >= 4 is 20.5 Å². The quantitative estimate of drug-likeness (QED) is 0.280. The van der Waals surface area contributed by atoms with E-state index in [2.05, 4.69) is 54.6 Å². The molecule has 0 atom stereocenters. The van der Waals surface area contributed by atoms with Crippen LogP contribution in [-0.2, 0) is 0 Å². The van der Waals surface area contributed by atoms with Crippen molar-refractivity contribution in [2.75, 3.05) is 0 Å². The Morgan fingerprint density at radius 1 is 0.643 bits per heavy atom. The Hall–Kier alpha value is -1.35. The van der Waals surface area contributed by atoms with E-state index in [1.807, 2.05) is 0 Å². The fourth-order valence-electron chi connectivity index (χ4n) is 4.85. The van der Waals surface area contributed by atoms with Gasteiger partial charge in [-0.05, 0) is 63.0 Å².